The van der Waals surface area contributed by atoms with Crippen molar-refractivity contribution in [3.05, 3.63) is 0 Å². The summed E-state index contributed by atoms with van der Waals surface area (Å²) in [6.07, 6.45) is 2.17. The van der Waals surface area contributed by atoms with Crippen molar-refractivity contribution in [1.29, 1.82) is 0 Å². The molecular weight excluding hydrogens is 117 g/mol. The third kappa shape index (κ3) is 1.39. The average Bonchev–Trinajstić information content (AvgIpc) is 1.86. The summed E-state index contributed by atoms with van der Waals surface area (Å²) in [5.41, 5.74) is 0. The second-order valence-corrected chi connectivity index (χ2v) is 2.03. The van der Waals surface area contributed by atoms with Crippen LogP contribution in [0.1, 0.15) is 12.8 Å². The molecular formula is C5H7BNO2. The van der Waals surface area contributed by atoms with Crippen LogP contribution in [0.15, 0.2) is 0 Å². The van der Waals surface area contributed by atoms with Crippen molar-refractivity contribution in [2.45, 2.75) is 18.9 Å². The van der Waals surface area contributed by atoms with Gasteiger partial charge in [-0.25, -0.2) is 0 Å². The minimum Gasteiger partial charge on any atom is -0.345 e. The highest BCUT2D eigenvalue weighted by atomic mass is 16.1. The van der Waals surface area contributed by atoms with Crippen molar-refractivity contribution in [3.63, 3.8) is 0 Å². The second-order valence-electron chi connectivity index (χ2n) is 2.03. The van der Waals surface area contributed by atoms with Crippen LogP contribution in [0.5, 0.6) is 0 Å². The van der Waals surface area contributed by atoms with Crippen LogP contribution >= 0.6 is 0 Å². The number of rotatable bonds is 3. The molecule has 1 saturated carbocycles. The monoisotopic (exact) mass is 124 g/mol. The van der Waals surface area contributed by atoms with Crippen LogP contribution in [0.25, 0.3) is 0 Å². The van der Waals surface area contributed by atoms with E-state index in [0.717, 1.165) is 6.42 Å². The first-order valence-corrected chi connectivity index (χ1v) is 2.90. The number of Topliss-reactive ketones (excluding diaryl/α,β-unsaturated/α-hetero) is 1. The number of ketones is 1. The van der Waals surface area contributed by atoms with Gasteiger partial charge in [0, 0.05) is 6.42 Å². The van der Waals surface area contributed by atoms with Crippen LogP contribution in [0.4, 0.5) is 0 Å². The molecule has 0 heterocycles. The summed E-state index contributed by atoms with van der Waals surface area (Å²) in [6, 6.07) is -0.0739. The summed E-state index contributed by atoms with van der Waals surface area (Å²) in [7, 11) is 1.27. The van der Waals surface area contributed by atoms with E-state index in [1.165, 1.54) is 7.41 Å². The minimum atomic E-state index is -0.0739. The zero-order valence-corrected chi connectivity index (χ0v) is 4.96. The average molecular weight is 124 g/mol. The molecule has 1 aliphatic rings. The normalized spacial score (nSPS) is 24.9. The van der Waals surface area contributed by atoms with E-state index in [9.17, 15) is 9.59 Å². The van der Waals surface area contributed by atoms with E-state index < -0.39 is 0 Å². The molecule has 0 saturated heterocycles. The maximum atomic E-state index is 10.5. The Labute approximate surface area is 54.1 Å². The first-order valence-electron chi connectivity index (χ1n) is 2.90. The zero-order chi connectivity index (χ0) is 6.69. The van der Waals surface area contributed by atoms with Crippen molar-refractivity contribution >= 4 is 19.4 Å². The maximum absolute atomic E-state index is 10.5. The molecule has 1 atom stereocenters. The fourth-order valence-electron chi connectivity index (χ4n) is 0.738. The molecule has 0 spiro atoms. The van der Waals surface area contributed by atoms with Crippen LogP contribution in [0, 0.1) is 0 Å². The molecule has 1 aliphatic carbocycles. The van der Waals surface area contributed by atoms with E-state index in [4.69, 9.17) is 0 Å². The summed E-state index contributed by atoms with van der Waals surface area (Å²) in [4.78, 5) is 20.3. The smallest absolute Gasteiger partial charge is 0.290 e. The molecule has 47 valence electrons. The quantitative estimate of drug-likeness (QED) is 0.392. The van der Waals surface area contributed by atoms with E-state index in [1.807, 2.05) is 0 Å². The largest absolute Gasteiger partial charge is 0.345 e. The summed E-state index contributed by atoms with van der Waals surface area (Å²) in [6.45, 7) is 0. The maximum Gasteiger partial charge on any atom is 0.290 e. The van der Waals surface area contributed by atoms with E-state index in [0.29, 0.717) is 12.6 Å². The van der Waals surface area contributed by atoms with Crippen LogP contribution in [-0.4, -0.2) is 25.4 Å². The molecule has 4 heteroatoms. The highest BCUT2D eigenvalue weighted by molar-refractivity contribution is 6.64. The van der Waals surface area contributed by atoms with E-state index in [2.05, 4.69) is 5.23 Å². The molecule has 1 radical (unpaired) electrons. The summed E-state index contributed by atoms with van der Waals surface area (Å²) in [5.74, 6) is 0.202. The fourth-order valence-corrected chi connectivity index (χ4v) is 0.738. The van der Waals surface area contributed by atoms with Gasteiger partial charge >= 0.3 is 0 Å². The predicted molar refractivity (Wildman–Crippen MR) is 33.7 cm³/mol. The molecule has 1 rings (SSSR count). The lowest BCUT2D eigenvalue weighted by Gasteiger charge is -2.23. The van der Waals surface area contributed by atoms with E-state index in [-0.39, 0.29) is 11.8 Å². The van der Waals surface area contributed by atoms with Gasteiger partial charge in [-0.2, -0.15) is 0 Å². The molecule has 0 amide bonds. The van der Waals surface area contributed by atoms with Crippen molar-refractivity contribution in [1.82, 2.24) is 5.23 Å². The van der Waals surface area contributed by atoms with Crippen LogP contribution in [0.2, 0.25) is 0 Å². The standard InChI is InChI=1S/C5H7BNO2/c8-3-6-7-4-1-2-5(4)9/h3-4,7H,1-2H2. The SMILES string of the molecule is O=C[B]NC1CCC1=O. The van der Waals surface area contributed by atoms with Crippen molar-refractivity contribution < 1.29 is 9.59 Å². The molecule has 0 aromatic rings. The second kappa shape index (κ2) is 2.78. The number of hydrogen-bond donors (Lipinski definition) is 1. The highest BCUT2D eigenvalue weighted by Gasteiger charge is 2.26. The lowest BCUT2D eigenvalue weighted by Crippen LogP contribution is -2.46. The Bertz CT molecular complexity index is 137. The topological polar surface area (TPSA) is 46.2 Å². The predicted octanol–water partition coefficient (Wildman–Crippen LogP) is -0.883. The molecule has 0 aromatic carbocycles. The lowest BCUT2D eigenvalue weighted by molar-refractivity contribution is -0.125. The number of carbonyl (C=O) groups excluding carboxylic acids is 2. The van der Waals surface area contributed by atoms with Gasteiger partial charge in [-0.05, 0) is 6.42 Å². The molecule has 1 fully saturated rings. The summed E-state index contributed by atoms with van der Waals surface area (Å²) >= 11 is 0. The third-order valence-corrected chi connectivity index (χ3v) is 1.43. The van der Waals surface area contributed by atoms with Crippen molar-refractivity contribution in [2.75, 3.05) is 0 Å². The van der Waals surface area contributed by atoms with Gasteiger partial charge in [-0.15, -0.1) is 0 Å². The molecule has 1 unspecified atom stereocenters. The Morgan fingerprint density at radius 2 is 2.56 bits per heavy atom. The first-order chi connectivity index (χ1) is 4.34. The van der Waals surface area contributed by atoms with Gasteiger partial charge < -0.3 is 10.0 Å². The number of hydrogen-bond acceptors (Lipinski definition) is 3. The Balaban J connectivity index is 2.13. The zero-order valence-electron chi connectivity index (χ0n) is 4.96. The molecule has 1 N–H and O–H groups in total. The molecule has 0 bridgehead atoms. The summed E-state index contributed by atoms with van der Waals surface area (Å²) < 4.78 is 0. The Hall–Kier alpha value is -0.635. The van der Waals surface area contributed by atoms with Gasteiger partial charge in [0.25, 0.3) is 7.41 Å². The van der Waals surface area contributed by atoms with Crippen molar-refractivity contribution in [3.8, 4) is 0 Å². The molecule has 0 aromatic heterocycles. The van der Waals surface area contributed by atoms with Crippen LogP contribution in [0.3, 0.4) is 0 Å². The van der Waals surface area contributed by atoms with E-state index in [1.54, 1.807) is 0 Å². The summed E-state index contributed by atoms with van der Waals surface area (Å²) in [5, 5.41) is 2.68. The minimum absolute atomic E-state index is 0.0739. The van der Waals surface area contributed by atoms with Crippen LogP contribution in [-0.2, 0) is 9.59 Å². The Kier molecular flexibility index (Phi) is 2.00. The van der Waals surface area contributed by atoms with E-state index >= 15 is 0 Å². The van der Waals surface area contributed by atoms with Crippen molar-refractivity contribution in [2.24, 2.45) is 0 Å². The third-order valence-electron chi connectivity index (χ3n) is 1.43. The van der Waals surface area contributed by atoms with Gasteiger partial charge in [-0.1, -0.05) is 0 Å². The number of carbonyl (C=O) groups is 2. The van der Waals surface area contributed by atoms with Gasteiger partial charge in [0.05, 0.1) is 12.2 Å². The fraction of sp³-hybridized carbons (Fsp3) is 0.600. The molecule has 3 nitrogen and oxygen atoms in total. The Morgan fingerprint density at radius 1 is 1.78 bits per heavy atom. The number of nitrogens with one attached hydrogen (secondary N) is 1. The molecule has 9 heavy (non-hydrogen) atoms. The highest BCUT2D eigenvalue weighted by Crippen LogP contribution is 2.12. The van der Waals surface area contributed by atoms with Gasteiger partial charge in [0.15, 0.2) is 0 Å². The Morgan fingerprint density at radius 3 is 2.89 bits per heavy atom. The van der Waals surface area contributed by atoms with Crippen LogP contribution < -0.4 is 5.23 Å². The van der Waals surface area contributed by atoms with Gasteiger partial charge in [0.2, 0.25) is 0 Å². The van der Waals surface area contributed by atoms with Gasteiger partial charge in [0.1, 0.15) is 5.78 Å². The van der Waals surface area contributed by atoms with Gasteiger partial charge in [-0.3, -0.25) is 4.79 Å². The lowest BCUT2D eigenvalue weighted by atomic mass is 9.85. The molecule has 0 aliphatic heterocycles. The first kappa shape index (κ1) is 6.48.